The van der Waals surface area contributed by atoms with E-state index in [4.69, 9.17) is 9.47 Å². The molecule has 1 rings (SSSR count). The quantitative estimate of drug-likeness (QED) is 0.518. The fraction of sp³-hybridized carbons (Fsp3) is 0.929. The minimum atomic E-state index is -0.0640. The number of esters is 1. The second kappa shape index (κ2) is 8.48. The zero-order chi connectivity index (χ0) is 13.4. The average molecular weight is 257 g/mol. The Labute approximate surface area is 111 Å². The van der Waals surface area contributed by atoms with E-state index >= 15 is 0 Å². The first-order chi connectivity index (χ1) is 8.63. The molecule has 0 aliphatic carbocycles. The summed E-state index contributed by atoms with van der Waals surface area (Å²) in [6, 6.07) is 0.520. The third-order valence-electron chi connectivity index (χ3n) is 3.37. The molecule has 18 heavy (non-hydrogen) atoms. The molecule has 4 nitrogen and oxygen atoms in total. The Morgan fingerprint density at radius 3 is 2.83 bits per heavy atom. The highest BCUT2D eigenvalue weighted by molar-refractivity contribution is 5.69. The zero-order valence-electron chi connectivity index (χ0n) is 12.0. The number of ether oxygens (including phenoxy) is 2. The number of unbranched alkanes of at least 4 members (excludes halogenated alkanes) is 2. The van der Waals surface area contributed by atoms with E-state index < -0.39 is 0 Å². The van der Waals surface area contributed by atoms with Gasteiger partial charge in [-0.15, -0.1) is 0 Å². The van der Waals surface area contributed by atoms with E-state index in [1.807, 2.05) is 6.92 Å². The third-order valence-corrected chi connectivity index (χ3v) is 3.37. The van der Waals surface area contributed by atoms with Gasteiger partial charge in [0, 0.05) is 19.0 Å². The lowest BCUT2D eigenvalue weighted by atomic mass is 10.1. The maximum atomic E-state index is 11.2. The second-order valence-electron chi connectivity index (χ2n) is 5.10. The molecule has 1 fully saturated rings. The molecular weight excluding hydrogens is 230 g/mol. The summed E-state index contributed by atoms with van der Waals surface area (Å²) in [6.07, 6.45) is 4.09. The van der Waals surface area contributed by atoms with Gasteiger partial charge in [-0.1, -0.05) is 6.42 Å². The first-order valence-corrected chi connectivity index (χ1v) is 7.14. The summed E-state index contributed by atoms with van der Waals surface area (Å²) in [6.45, 7) is 9.64. The van der Waals surface area contributed by atoms with Crippen molar-refractivity contribution in [2.45, 2.75) is 58.6 Å². The van der Waals surface area contributed by atoms with Gasteiger partial charge in [0.05, 0.1) is 19.3 Å². The van der Waals surface area contributed by atoms with E-state index in [-0.39, 0.29) is 5.97 Å². The molecule has 2 atom stereocenters. The Hall–Kier alpha value is -0.610. The van der Waals surface area contributed by atoms with Gasteiger partial charge in [0.15, 0.2) is 0 Å². The smallest absolute Gasteiger partial charge is 0.305 e. The summed E-state index contributed by atoms with van der Waals surface area (Å²) in [4.78, 5) is 13.6. The summed E-state index contributed by atoms with van der Waals surface area (Å²) in [5.74, 6) is -0.0640. The van der Waals surface area contributed by atoms with Crippen LogP contribution in [0.15, 0.2) is 0 Å². The molecule has 1 saturated heterocycles. The minimum Gasteiger partial charge on any atom is -0.466 e. The van der Waals surface area contributed by atoms with Crippen LogP contribution in [0.4, 0.5) is 0 Å². The first kappa shape index (κ1) is 15.4. The molecule has 0 aromatic heterocycles. The van der Waals surface area contributed by atoms with Crippen molar-refractivity contribution in [1.29, 1.82) is 0 Å². The monoisotopic (exact) mass is 257 g/mol. The zero-order valence-corrected chi connectivity index (χ0v) is 12.0. The summed E-state index contributed by atoms with van der Waals surface area (Å²) in [5, 5.41) is 0. The maximum absolute atomic E-state index is 11.2. The van der Waals surface area contributed by atoms with Gasteiger partial charge < -0.3 is 9.47 Å². The molecule has 1 heterocycles. The van der Waals surface area contributed by atoms with Crippen molar-refractivity contribution in [1.82, 2.24) is 4.90 Å². The van der Waals surface area contributed by atoms with E-state index in [0.717, 1.165) is 39.0 Å². The van der Waals surface area contributed by atoms with Crippen LogP contribution in [-0.2, 0) is 14.3 Å². The molecule has 0 radical (unpaired) electrons. The minimum absolute atomic E-state index is 0.0640. The molecule has 0 amide bonds. The largest absolute Gasteiger partial charge is 0.466 e. The molecule has 1 aliphatic heterocycles. The number of hydrogen-bond donors (Lipinski definition) is 0. The van der Waals surface area contributed by atoms with Crippen molar-refractivity contribution in [2.24, 2.45) is 0 Å². The second-order valence-corrected chi connectivity index (χ2v) is 5.10. The van der Waals surface area contributed by atoms with Gasteiger partial charge in [0.2, 0.25) is 0 Å². The van der Waals surface area contributed by atoms with E-state index in [2.05, 4.69) is 18.7 Å². The van der Waals surface area contributed by atoms with Crippen LogP contribution in [0, 0.1) is 0 Å². The number of morpholine rings is 1. The van der Waals surface area contributed by atoms with Gasteiger partial charge in [0.1, 0.15) is 0 Å². The molecule has 0 bridgehead atoms. The Kier molecular flexibility index (Phi) is 7.28. The van der Waals surface area contributed by atoms with Crippen LogP contribution in [0.25, 0.3) is 0 Å². The maximum Gasteiger partial charge on any atom is 0.305 e. The van der Waals surface area contributed by atoms with Gasteiger partial charge in [-0.25, -0.2) is 0 Å². The third kappa shape index (κ3) is 5.83. The van der Waals surface area contributed by atoms with Crippen molar-refractivity contribution in [3.63, 3.8) is 0 Å². The number of hydrogen-bond acceptors (Lipinski definition) is 4. The lowest BCUT2D eigenvalue weighted by molar-refractivity contribution is -0.143. The fourth-order valence-electron chi connectivity index (χ4n) is 2.28. The van der Waals surface area contributed by atoms with E-state index in [1.54, 1.807) is 0 Å². The molecule has 4 heteroatoms. The summed E-state index contributed by atoms with van der Waals surface area (Å²) >= 11 is 0. The Bertz CT molecular complexity index is 245. The Balaban J connectivity index is 2.04. The molecule has 1 aliphatic rings. The topological polar surface area (TPSA) is 38.8 Å². The van der Waals surface area contributed by atoms with Crippen molar-refractivity contribution in [3.05, 3.63) is 0 Å². The highest BCUT2D eigenvalue weighted by Crippen LogP contribution is 2.13. The molecule has 0 spiro atoms. The summed E-state index contributed by atoms with van der Waals surface area (Å²) in [7, 11) is 0. The average Bonchev–Trinajstić information content (AvgIpc) is 2.33. The highest BCUT2D eigenvalue weighted by atomic mass is 16.5. The first-order valence-electron chi connectivity index (χ1n) is 7.14. The van der Waals surface area contributed by atoms with Gasteiger partial charge in [-0.2, -0.15) is 0 Å². The van der Waals surface area contributed by atoms with Crippen molar-refractivity contribution in [3.8, 4) is 0 Å². The molecular formula is C14H27NO3. The fourth-order valence-corrected chi connectivity index (χ4v) is 2.28. The summed E-state index contributed by atoms with van der Waals surface area (Å²) in [5.41, 5.74) is 0. The number of nitrogens with zero attached hydrogens (tertiary/aromatic N) is 1. The van der Waals surface area contributed by atoms with Crippen molar-refractivity contribution in [2.75, 3.05) is 26.3 Å². The lowest BCUT2D eigenvalue weighted by Gasteiger charge is -2.36. The highest BCUT2D eigenvalue weighted by Gasteiger charge is 2.22. The van der Waals surface area contributed by atoms with E-state index in [1.165, 1.54) is 0 Å². The van der Waals surface area contributed by atoms with Gasteiger partial charge >= 0.3 is 5.97 Å². The van der Waals surface area contributed by atoms with Crippen molar-refractivity contribution >= 4 is 5.97 Å². The number of carbonyl (C=O) groups is 1. The van der Waals surface area contributed by atoms with Gasteiger partial charge in [-0.3, -0.25) is 9.69 Å². The number of rotatable bonds is 7. The van der Waals surface area contributed by atoms with Crippen LogP contribution in [0.2, 0.25) is 0 Å². The van der Waals surface area contributed by atoms with Crippen LogP contribution in [-0.4, -0.2) is 49.3 Å². The lowest BCUT2D eigenvalue weighted by Crippen LogP contribution is -2.47. The number of carbonyl (C=O) groups excluding carboxylic acids is 1. The predicted molar refractivity (Wildman–Crippen MR) is 71.6 cm³/mol. The van der Waals surface area contributed by atoms with Gasteiger partial charge in [-0.05, 0) is 40.2 Å². The van der Waals surface area contributed by atoms with E-state index in [9.17, 15) is 4.79 Å². The predicted octanol–water partition coefficient (Wildman–Crippen LogP) is 2.22. The van der Waals surface area contributed by atoms with E-state index in [0.29, 0.717) is 25.2 Å². The van der Waals surface area contributed by atoms with Crippen LogP contribution in [0.1, 0.15) is 46.5 Å². The van der Waals surface area contributed by atoms with Crippen molar-refractivity contribution < 1.29 is 14.3 Å². The van der Waals surface area contributed by atoms with Crippen LogP contribution < -0.4 is 0 Å². The standard InChI is InChI=1S/C14H27NO3/c1-4-17-14(16)8-6-5-7-9-15-10-13(3)18-11-12(15)2/h12-13H,4-11H2,1-3H3/t12-,13-/m0/s1. The SMILES string of the molecule is CCOC(=O)CCCCCN1C[C@H](C)OC[C@@H]1C. The molecule has 0 unspecified atom stereocenters. The van der Waals surface area contributed by atoms with Gasteiger partial charge in [0.25, 0.3) is 0 Å². The molecule has 106 valence electrons. The Morgan fingerprint density at radius 1 is 1.33 bits per heavy atom. The molecule has 0 aromatic carbocycles. The normalized spacial score (nSPS) is 25.1. The van der Waals surface area contributed by atoms with Crippen LogP contribution in [0.3, 0.4) is 0 Å². The van der Waals surface area contributed by atoms with Crippen LogP contribution in [0.5, 0.6) is 0 Å². The molecule has 0 N–H and O–H groups in total. The summed E-state index contributed by atoms with van der Waals surface area (Å²) < 4.78 is 10.5. The van der Waals surface area contributed by atoms with Crippen LogP contribution >= 0.6 is 0 Å². The molecule has 0 saturated carbocycles. The molecule has 0 aromatic rings. The Morgan fingerprint density at radius 2 is 2.11 bits per heavy atom.